The van der Waals surface area contributed by atoms with Gasteiger partial charge in [0.05, 0.1) is 44.9 Å². The molecule has 0 aliphatic carbocycles. The van der Waals surface area contributed by atoms with Crippen molar-refractivity contribution in [3.63, 3.8) is 0 Å². The average Bonchev–Trinajstić information content (AvgIpc) is 3.57. The van der Waals surface area contributed by atoms with Crippen molar-refractivity contribution >= 4 is 158 Å². The Morgan fingerprint density at radius 1 is 0.654 bits per heavy atom. The van der Waals surface area contributed by atoms with Gasteiger partial charge in [0.1, 0.15) is 32.9 Å². The van der Waals surface area contributed by atoms with E-state index < -0.39 is 127 Å². The molecule has 38 heteroatoms. The van der Waals surface area contributed by atoms with Gasteiger partial charge in [-0.2, -0.15) is 53.7 Å². The highest BCUT2D eigenvalue weighted by molar-refractivity contribution is 7.92. The van der Waals surface area contributed by atoms with E-state index in [1.54, 1.807) is 6.92 Å². The SMILES string of the molecule is C=C.Cc1cc(Nc2nc(Cl)nc(Nc3cc(S(=O)(=O)O)cc4cc(C)c(N=Nc5cc(NOCCS(=O)OCCl)ccc5S(=O)(=O)O)c(O)c34)n2)c2c(O)c(N=Nc3ccc(S(=O)(=O)COS(=O)(=O)O)cc3)c(S(=O)(=O)O)cc2c1. The molecule has 81 heavy (non-hydrogen) atoms. The Balaban J connectivity index is 0.00000522. The van der Waals surface area contributed by atoms with Gasteiger partial charge < -0.3 is 20.8 Å². The number of phenolic OH excluding ortho intramolecular Hbond substituents is 2. The Hall–Kier alpha value is -7.01. The lowest BCUT2D eigenvalue weighted by atomic mass is 10.0. The van der Waals surface area contributed by atoms with Crippen LogP contribution in [0.25, 0.3) is 21.5 Å². The summed E-state index contributed by atoms with van der Waals surface area (Å²) in [6.07, 6.45) is 0. The molecule has 1 heterocycles. The average molecular weight is 1280 g/mol. The number of anilines is 5. The van der Waals surface area contributed by atoms with E-state index in [-0.39, 0.29) is 74.0 Å². The first kappa shape index (κ1) is 63.2. The molecule has 6 aromatic carbocycles. The summed E-state index contributed by atoms with van der Waals surface area (Å²) in [4.78, 5) is 14.7. The number of nitrogens with one attached hydrogen (secondary N) is 3. The number of aromatic nitrogens is 3. The molecule has 7 rings (SSSR count). The number of phenols is 2. The van der Waals surface area contributed by atoms with Crippen molar-refractivity contribution in [3.8, 4) is 11.5 Å². The Kier molecular flexibility index (Phi) is 19.8. The van der Waals surface area contributed by atoms with Crippen LogP contribution in [0.15, 0.2) is 132 Å². The van der Waals surface area contributed by atoms with Crippen molar-refractivity contribution < 1.29 is 87.9 Å². The number of alkyl halides is 1. The van der Waals surface area contributed by atoms with E-state index in [1.807, 2.05) is 0 Å². The van der Waals surface area contributed by atoms with E-state index >= 15 is 0 Å². The Labute approximate surface area is 472 Å². The maximum Gasteiger partial charge on any atom is 0.398 e. The molecule has 1 aromatic heterocycles. The third-order valence-corrected chi connectivity index (χ3v) is 16.2. The minimum Gasteiger partial charge on any atom is -0.505 e. The van der Waals surface area contributed by atoms with Gasteiger partial charge >= 0.3 is 10.4 Å². The molecule has 0 saturated heterocycles. The van der Waals surface area contributed by atoms with E-state index in [1.165, 1.54) is 31.2 Å². The van der Waals surface area contributed by atoms with Gasteiger partial charge in [-0.05, 0) is 120 Å². The lowest BCUT2D eigenvalue weighted by molar-refractivity contribution is 0.210. The first-order valence-corrected chi connectivity index (χ1v) is 31.2. The fourth-order valence-corrected chi connectivity index (χ4v) is 11.5. The molecule has 30 nitrogen and oxygen atoms in total. The number of hydrogen-bond acceptors (Lipinski definition) is 26. The molecule has 0 bridgehead atoms. The molecule has 0 aliphatic rings. The second-order valence-corrected chi connectivity index (χ2v) is 24.9. The number of sulfone groups is 1. The smallest absolute Gasteiger partial charge is 0.398 e. The lowest BCUT2D eigenvalue weighted by Crippen LogP contribution is -2.14. The van der Waals surface area contributed by atoms with Gasteiger partial charge in [0.25, 0.3) is 30.4 Å². The molecule has 9 N–H and O–H groups in total. The summed E-state index contributed by atoms with van der Waals surface area (Å²) in [5.74, 6) is -4.07. The topological polar surface area (TPSA) is 461 Å². The number of azo groups is 2. The highest BCUT2D eigenvalue weighted by Gasteiger charge is 2.26. The first-order valence-electron chi connectivity index (χ1n) is 21.7. The predicted molar refractivity (Wildman–Crippen MR) is 293 cm³/mol. The monoisotopic (exact) mass is 1280 g/mol. The number of aromatic hydroxyl groups is 2. The predicted octanol–water partition coefficient (Wildman–Crippen LogP) is 8.49. The summed E-state index contributed by atoms with van der Waals surface area (Å²) in [7, 11) is -24.7. The summed E-state index contributed by atoms with van der Waals surface area (Å²) in [6.45, 7) is 8.81. The molecule has 0 fully saturated rings. The second kappa shape index (κ2) is 25.4. The van der Waals surface area contributed by atoms with Gasteiger partial charge in [0.2, 0.25) is 27.0 Å². The lowest BCUT2D eigenvalue weighted by Gasteiger charge is -2.16. The minimum absolute atomic E-state index is 0.0215. The zero-order valence-corrected chi connectivity index (χ0v) is 47.4. The summed E-state index contributed by atoms with van der Waals surface area (Å²) in [6, 6.07) is 13.9. The van der Waals surface area contributed by atoms with Crippen LogP contribution in [0.5, 0.6) is 11.5 Å². The van der Waals surface area contributed by atoms with Crippen LogP contribution >= 0.6 is 23.2 Å². The van der Waals surface area contributed by atoms with E-state index in [0.717, 1.165) is 54.6 Å². The number of halogens is 2. The first-order chi connectivity index (χ1) is 37.8. The van der Waals surface area contributed by atoms with E-state index in [0.29, 0.717) is 5.56 Å². The fourth-order valence-electron chi connectivity index (χ4n) is 7.08. The van der Waals surface area contributed by atoms with Crippen LogP contribution in [0, 0.1) is 13.8 Å². The Morgan fingerprint density at radius 2 is 1.23 bits per heavy atom. The molecule has 1 unspecified atom stereocenters. The molecule has 0 spiro atoms. The van der Waals surface area contributed by atoms with Crippen LogP contribution in [0.2, 0.25) is 5.28 Å². The van der Waals surface area contributed by atoms with Crippen LogP contribution < -0.4 is 16.1 Å². The molecule has 0 radical (unpaired) electrons. The van der Waals surface area contributed by atoms with E-state index in [4.69, 9.17) is 36.8 Å². The number of rotatable bonds is 22. The molecule has 7 aromatic rings. The van der Waals surface area contributed by atoms with Gasteiger partial charge in [-0.1, -0.05) is 17.7 Å². The highest BCUT2D eigenvalue weighted by Crippen LogP contribution is 2.47. The maximum atomic E-state index is 12.7. The third kappa shape index (κ3) is 16.1. The fraction of sp³-hybridized carbons (Fsp3) is 0.140. The second-order valence-electron chi connectivity index (χ2n) is 15.9. The third-order valence-electron chi connectivity index (χ3n) is 10.3. The van der Waals surface area contributed by atoms with Crippen LogP contribution in [-0.2, 0) is 74.9 Å². The van der Waals surface area contributed by atoms with Crippen molar-refractivity contribution in [1.82, 2.24) is 15.0 Å². The number of nitrogens with zero attached hydrogens (tertiary/aromatic N) is 7. The van der Waals surface area contributed by atoms with Crippen molar-refractivity contribution in [2.24, 2.45) is 20.5 Å². The van der Waals surface area contributed by atoms with E-state index in [2.05, 4.69) is 68.9 Å². The summed E-state index contributed by atoms with van der Waals surface area (Å²) in [5, 5.41) is 43.7. The zero-order chi connectivity index (χ0) is 60.0. The van der Waals surface area contributed by atoms with Crippen LogP contribution in [0.3, 0.4) is 0 Å². The maximum absolute atomic E-state index is 12.7. The molecule has 1 atom stereocenters. The molecular formula is C43H40Cl2N10O20S6. The van der Waals surface area contributed by atoms with Gasteiger partial charge in [0, 0.05) is 10.8 Å². The summed E-state index contributed by atoms with van der Waals surface area (Å²) >= 11 is 9.97. The minimum atomic E-state index is -5.18. The zero-order valence-electron chi connectivity index (χ0n) is 41.0. The number of fused-ring (bicyclic) bond motifs is 2. The quantitative estimate of drug-likeness (QED) is 0.00766. The van der Waals surface area contributed by atoms with Gasteiger partial charge in [-0.15, -0.1) is 28.5 Å². The van der Waals surface area contributed by atoms with Crippen molar-refractivity contribution in [2.75, 3.05) is 40.5 Å². The van der Waals surface area contributed by atoms with Crippen LogP contribution in [0.4, 0.5) is 51.7 Å². The summed E-state index contributed by atoms with van der Waals surface area (Å²) < 4.78 is 181. The standard InChI is InChI=1S/C41H36Cl2N10O20S6.C2H4/c1-20-11-22-15-32(78(65,66)67)36(52-49-24-3-6-26(7-4-24)75(57,58)19-73-79(68,69)70)38(55)33(22)29(12-20)44-40-46-39(43)47-41(48-40)45-30-17-27(76(59,60)61)14-23-13-21(2)35(37(54)34(23)30)51-50-28-16-25(5-8-31(28)77(62,63)64)53-71-9-10-74(56)72-18-42;1-2/h3-8,11-17,53-55H,9-10,18-19H2,1-2H3,(H,59,60,61)(H,62,63,64)(H,65,66,67)(H,68,69,70)(H2,44,45,46,47,48);1-2H2. The number of benzene rings is 6. The van der Waals surface area contributed by atoms with Gasteiger partial charge in [-0.25, -0.2) is 16.8 Å². The van der Waals surface area contributed by atoms with E-state index in [9.17, 15) is 70.2 Å². The Bertz CT molecular complexity index is 4300. The van der Waals surface area contributed by atoms with Crippen molar-refractivity contribution in [2.45, 2.75) is 33.4 Å². The normalized spacial score (nSPS) is 12.9. The van der Waals surface area contributed by atoms with Gasteiger partial charge in [-0.3, -0.25) is 32.7 Å². The molecule has 432 valence electrons. The largest absolute Gasteiger partial charge is 0.505 e. The molecule has 0 amide bonds. The summed E-state index contributed by atoms with van der Waals surface area (Å²) in [5.41, 5.74) is 0.882. The molecule has 0 aliphatic heterocycles. The number of hydrogen-bond donors (Lipinski definition) is 9. The van der Waals surface area contributed by atoms with Gasteiger partial charge in [0.15, 0.2) is 28.5 Å². The highest BCUT2D eigenvalue weighted by atomic mass is 35.5. The van der Waals surface area contributed by atoms with Crippen LogP contribution in [0.1, 0.15) is 11.1 Å². The number of aryl methyl sites for hydroxylation is 2. The molecular weight excluding hydrogens is 1240 g/mol. The van der Waals surface area contributed by atoms with Crippen molar-refractivity contribution in [1.29, 1.82) is 0 Å². The van der Waals surface area contributed by atoms with Crippen molar-refractivity contribution in [3.05, 3.63) is 108 Å². The Morgan fingerprint density at radius 3 is 1.81 bits per heavy atom. The van der Waals surface area contributed by atoms with Crippen LogP contribution in [-0.4, -0.2) is 114 Å². The molecule has 0 saturated carbocycles.